The average molecular weight is 1910 g/mol. The second kappa shape index (κ2) is 102. The Morgan fingerprint density at radius 1 is 0.212 bits per heavy atom. The van der Waals surface area contributed by atoms with Gasteiger partial charge in [-0.3, -0.25) is 0 Å². The predicted octanol–water partition coefficient (Wildman–Crippen LogP) is 18.9. The summed E-state index contributed by atoms with van der Waals surface area (Å²) in [6.45, 7) is 53.8. The van der Waals surface area contributed by atoms with E-state index in [0.29, 0.717) is 72.5 Å². The van der Waals surface area contributed by atoms with Gasteiger partial charge in [0.2, 0.25) is 0 Å². The van der Waals surface area contributed by atoms with E-state index in [1.54, 1.807) is 84.6 Å². The summed E-state index contributed by atoms with van der Waals surface area (Å²) in [5.74, 6) is 5.00. The number of guanidine groups is 6. The largest absolute Gasteiger partial charge is 4.00 e. The van der Waals surface area contributed by atoms with E-state index >= 15 is 0 Å². The molecule has 0 fully saturated rings. The maximum absolute atomic E-state index is 4.39. The fraction of sp³-hybridized carbons (Fsp3) is 0.917. The Kier molecular flexibility index (Phi) is 141. The summed E-state index contributed by atoms with van der Waals surface area (Å²) in [5, 5.41) is 47.4. The molecule has 0 aromatic rings. The first kappa shape index (κ1) is 136. The van der Waals surface area contributed by atoms with Crippen LogP contribution in [0.4, 0.5) is 0 Å². The van der Waals surface area contributed by atoms with Crippen molar-refractivity contribution in [3.05, 3.63) is 63.8 Å². The zero-order chi connectivity index (χ0) is 79.4. The first-order valence-corrected chi connectivity index (χ1v) is 34.6. The van der Waals surface area contributed by atoms with Gasteiger partial charge >= 0.3 is 77.5 Å². The number of hydrogen-bond donors (Lipinski definition) is 0. The Hall–Kier alpha value is -2.01. The fourth-order valence-corrected chi connectivity index (χ4v) is 4.86. The number of rotatable bonds is 15. The summed E-state index contributed by atoms with van der Waals surface area (Å²) < 4.78 is 0. The normalized spacial score (nSPS) is 10.7. The van der Waals surface area contributed by atoms with Gasteiger partial charge < -0.3 is 123 Å². The van der Waals surface area contributed by atoms with Crippen LogP contribution in [0, 0.1) is 0 Å². The molecule has 0 bridgehead atoms. The minimum atomic E-state index is 0. The summed E-state index contributed by atoms with van der Waals surface area (Å²) in [6.07, 6.45) is 5.54. The van der Waals surface area contributed by atoms with Crippen LogP contribution in [0.1, 0.15) is 206 Å². The summed E-state index contributed by atoms with van der Waals surface area (Å²) in [4.78, 5) is 38.0. The van der Waals surface area contributed by atoms with Crippen LogP contribution in [-0.2, 0) is 77.5 Å². The number of nitrogens with zero attached hydrogens (tertiary/aromatic N) is 24. The van der Waals surface area contributed by atoms with Gasteiger partial charge in [-0.05, 0) is 157 Å². The van der Waals surface area contributed by atoms with E-state index in [9.17, 15) is 0 Å². The first-order valence-electron chi connectivity index (χ1n) is 34.6. The maximum atomic E-state index is 4.39. The quantitative estimate of drug-likeness (QED) is 0.0665. The van der Waals surface area contributed by atoms with Crippen molar-refractivity contribution in [3.63, 3.8) is 0 Å². The molecule has 590 valence electrons. The van der Waals surface area contributed by atoms with Crippen LogP contribution in [0.15, 0.2) is 30.0 Å². The molecular weight excluding hydrogens is 1740 g/mol. The molecule has 0 aliphatic heterocycles. The molecule has 0 saturated heterocycles. The van der Waals surface area contributed by atoms with E-state index in [0.717, 1.165) is 35.8 Å². The predicted molar refractivity (Wildman–Crippen MR) is 450 cm³/mol. The van der Waals surface area contributed by atoms with Crippen molar-refractivity contribution in [3.8, 4) is 0 Å². The molecule has 0 unspecified atom stereocenters. The zero-order valence-electron chi connectivity index (χ0n) is 75.0. The average Bonchev–Trinajstić information content (AvgIpc) is 1.65. The molecule has 0 aromatic heterocycles. The Labute approximate surface area is 678 Å². The van der Waals surface area contributed by atoms with Crippen molar-refractivity contribution in [2.24, 2.45) is 30.0 Å². The van der Waals surface area contributed by atoms with Crippen molar-refractivity contribution < 1.29 is 77.5 Å². The smallest absolute Gasteiger partial charge is 0.668 e. The van der Waals surface area contributed by atoms with Gasteiger partial charge in [0.15, 0.2) is 0 Å². The Balaban J connectivity index is -0.0000000556. The standard InChI is InChI=1S/6C9H20N3.C6H14.6C2H6N.3Hf/c6*1-7(2)10-9(12(5)6)11-8(3)4;1-3-5-6-4-2;6*1-3-2;;;/h6*7-8H,1-6H3;3-6H2,1-2H3;6*1-2H3;;;/q6*-1;;6*-1;3*+4. The zero-order valence-corrected chi connectivity index (χ0v) is 85.8. The summed E-state index contributed by atoms with van der Waals surface area (Å²) >= 11 is 0. The minimum absolute atomic E-state index is 0. The third-order valence-electron chi connectivity index (χ3n) is 7.84. The summed E-state index contributed by atoms with van der Waals surface area (Å²) in [7, 11) is 44.6. The summed E-state index contributed by atoms with van der Waals surface area (Å²) in [5.41, 5.74) is 0. The Morgan fingerprint density at radius 2 is 0.293 bits per heavy atom. The molecule has 0 aromatic carbocycles. The number of unbranched alkanes of at least 4 members (excludes halogenated alkanes) is 3. The van der Waals surface area contributed by atoms with E-state index in [2.05, 4.69) is 274 Å². The molecule has 0 heterocycles. The van der Waals surface area contributed by atoms with Crippen LogP contribution in [0.25, 0.3) is 63.8 Å². The molecule has 0 radical (unpaired) electrons. The van der Waals surface area contributed by atoms with E-state index in [1.807, 2.05) is 114 Å². The van der Waals surface area contributed by atoms with Crippen molar-refractivity contribution in [1.82, 2.24) is 29.4 Å². The molecular formula is C72H170Hf3N24. The van der Waals surface area contributed by atoms with E-state index < -0.39 is 0 Å². The van der Waals surface area contributed by atoms with Crippen LogP contribution in [0.2, 0.25) is 0 Å². The van der Waals surface area contributed by atoms with Crippen molar-refractivity contribution in [2.45, 2.75) is 278 Å². The monoisotopic (exact) mass is 1910 g/mol. The molecule has 0 saturated carbocycles. The molecule has 99 heavy (non-hydrogen) atoms. The van der Waals surface area contributed by atoms with E-state index in [1.165, 1.54) is 25.7 Å². The van der Waals surface area contributed by atoms with E-state index in [4.69, 9.17) is 0 Å². The molecule has 0 rings (SSSR count). The van der Waals surface area contributed by atoms with Crippen LogP contribution < -0.4 is 0 Å². The second-order valence-electron chi connectivity index (χ2n) is 26.2. The second-order valence-corrected chi connectivity index (χ2v) is 26.2. The Morgan fingerprint density at radius 3 is 0.333 bits per heavy atom. The topological polar surface area (TPSA) is 263 Å². The third-order valence-corrected chi connectivity index (χ3v) is 7.84. The molecule has 0 atom stereocenters. The third kappa shape index (κ3) is 159. The van der Waals surface area contributed by atoms with Gasteiger partial charge in [0, 0.05) is 35.8 Å². The molecule has 0 spiro atoms. The van der Waals surface area contributed by atoms with E-state index in [-0.39, 0.29) is 77.5 Å². The first-order chi connectivity index (χ1) is 44.0. The van der Waals surface area contributed by atoms with Gasteiger partial charge in [-0.2, -0.15) is 84.6 Å². The van der Waals surface area contributed by atoms with Gasteiger partial charge in [0.1, 0.15) is 0 Å². The van der Waals surface area contributed by atoms with Crippen LogP contribution in [0.3, 0.4) is 0 Å². The van der Waals surface area contributed by atoms with Gasteiger partial charge in [-0.25, -0.2) is 0 Å². The van der Waals surface area contributed by atoms with Crippen molar-refractivity contribution >= 4 is 35.8 Å². The van der Waals surface area contributed by atoms with Crippen molar-refractivity contribution in [1.29, 1.82) is 0 Å². The fourth-order valence-electron chi connectivity index (χ4n) is 4.86. The number of hydrogen-bond acceptors (Lipinski definition) is 6. The SMILES string of the molecule is CC(C)N=C([N-]C(C)C)N(C)C.CC(C)N=C([N-]C(C)C)N(C)C.CC(C)N=C([N-]C(C)C)N(C)C.CC(C)N=C([N-]C(C)C)N(C)C.CC(C)N=C([N-]C(C)C)N(C)C.CC(C)N=C([N-]C(C)C)N(C)C.CCCCCC.C[N-]C.C[N-]C.C[N-]C.C[N-]C.C[N-]C.C[N-]C.[Hf+4].[Hf+4].[Hf+4]. The van der Waals surface area contributed by atoms with Gasteiger partial charge in [0.05, 0.1) is 0 Å². The van der Waals surface area contributed by atoms with Crippen molar-refractivity contribution in [2.75, 3.05) is 169 Å². The molecule has 27 heteroatoms. The molecule has 0 aliphatic carbocycles. The van der Waals surface area contributed by atoms with Crippen LogP contribution in [-0.4, -0.2) is 307 Å². The van der Waals surface area contributed by atoms with Crippen LogP contribution in [0.5, 0.6) is 0 Å². The number of aliphatic imine (C=N–C) groups is 6. The van der Waals surface area contributed by atoms with Gasteiger partial charge in [-0.15, -0.1) is 0 Å². The summed E-state index contributed by atoms with van der Waals surface area (Å²) in [6, 6.07) is 3.72. The Bertz CT molecular complexity index is 1350. The maximum Gasteiger partial charge on any atom is 4.00 e. The molecule has 24 nitrogen and oxygen atoms in total. The van der Waals surface area contributed by atoms with Crippen LogP contribution >= 0.6 is 0 Å². The molecule has 0 amide bonds. The van der Waals surface area contributed by atoms with Gasteiger partial charge in [-0.1, -0.05) is 206 Å². The molecule has 0 N–H and O–H groups in total. The van der Waals surface area contributed by atoms with Gasteiger partial charge in [0.25, 0.3) is 0 Å². The molecule has 0 aliphatic rings. The minimum Gasteiger partial charge on any atom is -0.668 e.